The molecular weight excluding hydrogens is 1230 g/mol. The van der Waals surface area contributed by atoms with Crippen LogP contribution in [-0.2, 0) is 70.4 Å². The highest BCUT2D eigenvalue weighted by atomic mass is 16.6. The number of nitrogens with one attached hydrogen (secondary N) is 6. The number of nitrogens with zero attached hydrogens (tertiary/aromatic N) is 5. The maximum Gasteiger partial charge on any atom is 0.410 e. The summed E-state index contributed by atoms with van der Waals surface area (Å²) in [6, 6.07) is 10.2. The van der Waals surface area contributed by atoms with E-state index in [-0.39, 0.29) is 92.8 Å². The van der Waals surface area contributed by atoms with E-state index < -0.39 is 95.9 Å². The van der Waals surface area contributed by atoms with Gasteiger partial charge in [0.1, 0.15) is 30.8 Å². The smallest absolute Gasteiger partial charge is 0.410 e. The Balaban J connectivity index is 1.16. The largest absolute Gasteiger partial charge is 0.445 e. The lowest BCUT2D eigenvalue weighted by Crippen LogP contribution is -2.60. The number of rotatable bonds is 38. The van der Waals surface area contributed by atoms with Crippen LogP contribution in [0.4, 0.5) is 15.3 Å². The van der Waals surface area contributed by atoms with Crippen molar-refractivity contribution in [2.45, 2.75) is 188 Å². The number of methoxy groups -OCH3 is 2. The first-order valence-corrected chi connectivity index (χ1v) is 33.6. The number of ether oxygens (including phenoxy) is 3. The number of nitrogens with two attached hydrogens (primary N) is 1. The van der Waals surface area contributed by atoms with Crippen molar-refractivity contribution in [1.82, 2.24) is 51.2 Å². The molecule has 0 saturated carbocycles. The molecule has 26 nitrogen and oxygen atoms in total. The lowest BCUT2D eigenvalue weighted by molar-refractivity contribution is -0.148. The molecule has 1 aromatic heterocycles. The molecule has 8 N–H and O–H groups in total. The van der Waals surface area contributed by atoms with E-state index in [0.717, 1.165) is 21.4 Å². The van der Waals surface area contributed by atoms with Gasteiger partial charge in [0.05, 0.1) is 42.1 Å². The number of likely N-dealkylation sites (tertiary alicyclic amines) is 1. The molecule has 5 rings (SSSR count). The third-order valence-corrected chi connectivity index (χ3v) is 18.2. The summed E-state index contributed by atoms with van der Waals surface area (Å²) in [6.45, 7) is 17.4. The quantitative estimate of drug-likeness (QED) is 0.0265. The second-order valence-electron chi connectivity index (χ2n) is 26.1. The van der Waals surface area contributed by atoms with E-state index in [1.807, 2.05) is 65.0 Å². The first-order chi connectivity index (χ1) is 45.6. The van der Waals surface area contributed by atoms with Crippen LogP contribution in [0.5, 0.6) is 0 Å². The van der Waals surface area contributed by atoms with Crippen LogP contribution in [-0.4, -0.2) is 193 Å². The molecule has 10 atom stereocenters. The highest BCUT2D eigenvalue weighted by Crippen LogP contribution is 2.30. The van der Waals surface area contributed by atoms with Gasteiger partial charge >= 0.3 is 12.1 Å². The Morgan fingerprint density at radius 1 is 0.719 bits per heavy atom. The number of carbonyl (C=O) groups is 11. The minimum atomic E-state index is -1.11. The van der Waals surface area contributed by atoms with Crippen LogP contribution in [0.15, 0.2) is 72.9 Å². The number of urea groups is 1. The Labute approximate surface area is 565 Å². The average molecular weight is 1340 g/mol. The molecule has 26 heteroatoms. The summed E-state index contributed by atoms with van der Waals surface area (Å²) in [6.07, 6.45) is 6.49. The zero-order valence-electron chi connectivity index (χ0n) is 58.3. The number of pyridine rings is 1. The normalized spacial score (nSPS) is 16.6. The van der Waals surface area contributed by atoms with Crippen molar-refractivity contribution in [2.75, 3.05) is 59.8 Å². The highest BCUT2D eigenvalue weighted by molar-refractivity contribution is 6.12. The van der Waals surface area contributed by atoms with Crippen LogP contribution in [0.25, 0.3) is 10.9 Å². The number of anilines is 1. The zero-order valence-corrected chi connectivity index (χ0v) is 58.3. The summed E-state index contributed by atoms with van der Waals surface area (Å²) in [5, 5.41) is 17.9. The van der Waals surface area contributed by atoms with Crippen LogP contribution in [0.3, 0.4) is 0 Å². The lowest BCUT2D eigenvalue weighted by Gasteiger charge is -2.41. The minimum absolute atomic E-state index is 0.0650. The summed E-state index contributed by atoms with van der Waals surface area (Å²) < 4.78 is 17.8. The lowest BCUT2D eigenvalue weighted by atomic mass is 9.89. The second kappa shape index (κ2) is 38.3. The Morgan fingerprint density at radius 2 is 1.40 bits per heavy atom. The second-order valence-corrected chi connectivity index (χ2v) is 26.1. The van der Waals surface area contributed by atoms with Gasteiger partial charge in [-0.1, -0.05) is 105 Å². The fourth-order valence-corrected chi connectivity index (χ4v) is 12.5. The van der Waals surface area contributed by atoms with Gasteiger partial charge in [0, 0.05) is 90.3 Å². The topological polar surface area (TPSA) is 340 Å². The number of hydrogen-bond donors (Lipinski definition) is 7. The number of unbranched alkanes of at least 4 members (excludes halogenated alkanes) is 2. The van der Waals surface area contributed by atoms with Crippen LogP contribution in [0.1, 0.15) is 138 Å². The molecule has 12 amide bonds. The Hall–Kier alpha value is -8.52. The van der Waals surface area contributed by atoms with E-state index in [4.69, 9.17) is 19.9 Å². The van der Waals surface area contributed by atoms with Gasteiger partial charge in [0.2, 0.25) is 41.4 Å². The minimum Gasteiger partial charge on any atom is -0.445 e. The molecule has 0 radical (unpaired) electrons. The van der Waals surface area contributed by atoms with Crippen molar-refractivity contribution >= 4 is 81.9 Å². The maximum atomic E-state index is 14.8. The van der Waals surface area contributed by atoms with Crippen LogP contribution in [0, 0.1) is 29.6 Å². The molecule has 3 aromatic rings. The van der Waals surface area contributed by atoms with Crippen molar-refractivity contribution in [3.8, 4) is 0 Å². The summed E-state index contributed by atoms with van der Waals surface area (Å²) in [7, 11) is 6.16. The third-order valence-electron chi connectivity index (χ3n) is 18.2. The van der Waals surface area contributed by atoms with E-state index in [1.165, 1.54) is 31.2 Å². The van der Waals surface area contributed by atoms with Gasteiger partial charge in [0.15, 0.2) is 0 Å². The molecule has 1 fully saturated rings. The number of primary amides is 1. The molecule has 2 aliphatic rings. The first kappa shape index (κ1) is 78.2. The van der Waals surface area contributed by atoms with Gasteiger partial charge in [-0.2, -0.15) is 0 Å². The number of para-hydroxylation sites is 1. The van der Waals surface area contributed by atoms with Crippen molar-refractivity contribution in [2.24, 2.45) is 35.3 Å². The van der Waals surface area contributed by atoms with Gasteiger partial charge < -0.3 is 61.6 Å². The average Bonchev–Trinajstić information content (AvgIpc) is 1.83. The van der Waals surface area contributed by atoms with Crippen molar-refractivity contribution in [1.29, 1.82) is 0 Å². The number of hydrogen-bond acceptors (Lipinski definition) is 15. The molecule has 0 bridgehead atoms. The molecule has 0 spiro atoms. The van der Waals surface area contributed by atoms with E-state index in [9.17, 15) is 52.7 Å². The Morgan fingerprint density at radius 3 is 2.02 bits per heavy atom. The monoisotopic (exact) mass is 1340 g/mol. The molecule has 528 valence electrons. The summed E-state index contributed by atoms with van der Waals surface area (Å²) in [4.78, 5) is 157. The molecule has 2 aliphatic heterocycles. The standard InChI is InChI=1S/C70H104N12O14/c1-14-45(8)62(54(94-12)40-58(86)81-39-21-25-53(81)63(95-13)46(9)64(87)73-37-34-48-33-36-72-51-23-18-17-22-50(48)51)79(10)68(91)60(43(4)5)78-67(90)61(44(6)7)80(11)70(93)96-41-47-27-29-49(30-28-47)75-65(88)52(24-20-35-74-69(71)92)76-66(89)59(42(2)3)77-55(83)26-16-15-19-38-82-56(84)31-32-57(82)85/h17-18,22-23,27-33,36,42-46,52-54,59-63H,14-16,19-21,24-26,34-35,37-41H2,1-13H3,(H,73,87)(H,75,88)(H,76,89)(H,77,83)(H,78,90)(H3,71,74,92)/t45-,46+,52-,53-,54+,59-,60-,61-,62-,63+/m0/s1. The van der Waals surface area contributed by atoms with E-state index in [2.05, 4.69) is 36.9 Å². The number of benzene rings is 2. The number of carbonyl (C=O) groups excluding carboxylic acids is 11. The van der Waals surface area contributed by atoms with Gasteiger partial charge in [-0.3, -0.25) is 57.9 Å². The van der Waals surface area contributed by atoms with Gasteiger partial charge in [0.25, 0.3) is 11.8 Å². The number of aromatic nitrogens is 1. The van der Waals surface area contributed by atoms with Gasteiger partial charge in [-0.25, -0.2) is 9.59 Å². The van der Waals surface area contributed by atoms with E-state index in [1.54, 1.807) is 82.1 Å². The number of amides is 12. The van der Waals surface area contributed by atoms with Crippen LogP contribution < -0.4 is 37.6 Å². The fraction of sp³-hybridized carbons (Fsp3) is 0.600. The third kappa shape index (κ3) is 22.3. The molecule has 96 heavy (non-hydrogen) atoms. The number of fused-ring (bicyclic) bond motifs is 1. The van der Waals surface area contributed by atoms with Gasteiger partial charge in [-0.05, 0) is 104 Å². The predicted octanol–water partition coefficient (Wildman–Crippen LogP) is 5.75. The first-order valence-electron chi connectivity index (χ1n) is 33.6. The van der Waals surface area contributed by atoms with Gasteiger partial charge in [-0.15, -0.1) is 0 Å². The summed E-state index contributed by atoms with van der Waals surface area (Å²) in [5.41, 5.74) is 8.08. The number of imide groups is 1. The number of likely N-dealkylation sites (N-methyl/N-ethyl adjacent to an activating group) is 2. The summed E-state index contributed by atoms with van der Waals surface area (Å²) in [5.74, 6) is -5.67. The van der Waals surface area contributed by atoms with Crippen LogP contribution in [0.2, 0.25) is 0 Å². The fourth-order valence-electron chi connectivity index (χ4n) is 12.5. The highest BCUT2D eigenvalue weighted by Gasteiger charge is 2.44. The zero-order chi connectivity index (χ0) is 70.9. The molecule has 1 saturated heterocycles. The van der Waals surface area contributed by atoms with E-state index >= 15 is 0 Å². The predicted molar refractivity (Wildman–Crippen MR) is 363 cm³/mol. The van der Waals surface area contributed by atoms with Crippen molar-refractivity contribution in [3.63, 3.8) is 0 Å². The molecular formula is C70H104N12O14. The maximum absolute atomic E-state index is 14.8. The molecule has 0 unspecified atom stereocenters. The molecule has 3 heterocycles. The summed E-state index contributed by atoms with van der Waals surface area (Å²) >= 11 is 0. The molecule has 0 aliphatic carbocycles. The van der Waals surface area contributed by atoms with Crippen molar-refractivity contribution in [3.05, 3.63) is 84.1 Å². The Bertz CT molecular complexity index is 3160. The van der Waals surface area contributed by atoms with E-state index in [0.29, 0.717) is 69.3 Å². The van der Waals surface area contributed by atoms with Crippen LogP contribution >= 0.6 is 0 Å². The van der Waals surface area contributed by atoms with Crippen molar-refractivity contribution < 1.29 is 67.0 Å². The Kier molecular flexibility index (Phi) is 31.2. The molecule has 2 aromatic carbocycles. The SMILES string of the molecule is CC[C@H](C)[C@@H]([C@@H](CC(=O)N1CCC[C@H]1[C@H](OC)[C@@H](C)C(=O)NCCc1ccnc2ccccc12)OC)N(C)C(=O)[C@@H](NC(=O)[C@H](C(C)C)N(C)C(=O)OCc1ccc(NC(=O)[C@H](CCCNC(N)=O)NC(=O)[C@@H](NC(=O)CCCCCN2C(=O)C=CC2=O)C(C)C)cc1)C(C)C.